The number of aromatic nitrogens is 2. The van der Waals surface area contributed by atoms with Crippen LogP contribution >= 0.6 is 23.1 Å². The van der Waals surface area contributed by atoms with Crippen LogP contribution in [0.1, 0.15) is 19.4 Å². The number of rotatable bonds is 8. The summed E-state index contributed by atoms with van der Waals surface area (Å²) in [5.74, 6) is -0.352. The lowest BCUT2D eigenvalue weighted by Crippen LogP contribution is -2.39. The molecule has 0 aliphatic rings. The molecule has 0 aliphatic heterocycles. The van der Waals surface area contributed by atoms with E-state index in [0.29, 0.717) is 0 Å². The molecular weight excluding hydrogens is 464 g/mol. The van der Waals surface area contributed by atoms with Crippen LogP contribution in [-0.4, -0.2) is 45.5 Å². The summed E-state index contributed by atoms with van der Waals surface area (Å²) in [5, 5.41) is 6.31. The predicted molar refractivity (Wildman–Crippen MR) is 140 cm³/mol. The van der Waals surface area contributed by atoms with Crippen LogP contribution in [0.25, 0.3) is 21.3 Å². The number of thiophene rings is 1. The number of carbonyl (C=O) groups is 2. The lowest BCUT2D eigenvalue weighted by Gasteiger charge is -2.21. The molecule has 0 unspecified atom stereocenters. The number of hydrogen-bond donors (Lipinski definition) is 1. The van der Waals surface area contributed by atoms with Gasteiger partial charge in [-0.2, -0.15) is 0 Å². The van der Waals surface area contributed by atoms with E-state index in [0.717, 1.165) is 44.0 Å². The highest BCUT2D eigenvalue weighted by atomic mass is 32.2. The van der Waals surface area contributed by atoms with Gasteiger partial charge < -0.3 is 10.2 Å². The second-order valence-electron chi connectivity index (χ2n) is 7.89. The molecule has 2 aromatic carbocycles. The van der Waals surface area contributed by atoms with Crippen LogP contribution in [-0.2, 0) is 16.0 Å². The molecule has 0 fully saturated rings. The molecule has 0 saturated heterocycles. The Morgan fingerprint density at radius 3 is 2.59 bits per heavy atom. The molecule has 1 N–H and O–H groups in total. The van der Waals surface area contributed by atoms with Gasteiger partial charge in [-0.3, -0.25) is 9.59 Å². The smallest absolute Gasteiger partial charge is 0.243 e. The van der Waals surface area contributed by atoms with E-state index < -0.39 is 5.25 Å². The molecule has 0 bridgehead atoms. The molecule has 1 atom stereocenters. The zero-order valence-corrected chi connectivity index (χ0v) is 21.0. The first-order chi connectivity index (χ1) is 16.5. The number of nitrogens with one attached hydrogen (secondary N) is 1. The number of anilines is 1. The van der Waals surface area contributed by atoms with Crippen molar-refractivity contribution in [3.8, 4) is 11.1 Å². The highest BCUT2D eigenvalue weighted by molar-refractivity contribution is 8.00. The van der Waals surface area contributed by atoms with Gasteiger partial charge in [0.25, 0.3) is 0 Å². The number of hydrogen-bond acceptors (Lipinski definition) is 6. The van der Waals surface area contributed by atoms with Crippen molar-refractivity contribution in [1.29, 1.82) is 0 Å². The molecule has 34 heavy (non-hydrogen) atoms. The summed E-state index contributed by atoms with van der Waals surface area (Å²) in [6.07, 6.45) is 2.36. The molecule has 4 rings (SSSR count). The standard InChI is InChI=1S/C26H26N4O2S2/c1-4-18-10-8-9-13-21(18)29-22(31)14-30(3)26(32)17(2)34-25-23-20(19-11-6-5-7-12-19)15-33-24(23)27-16-28-25/h5-13,15-17H,4,14H2,1-3H3,(H,29,31)/t17-/m0/s1. The molecule has 174 valence electrons. The molecule has 8 heteroatoms. The van der Waals surface area contributed by atoms with Gasteiger partial charge in [0.1, 0.15) is 16.2 Å². The monoisotopic (exact) mass is 490 g/mol. The fourth-order valence-corrected chi connectivity index (χ4v) is 5.76. The van der Waals surface area contributed by atoms with Gasteiger partial charge in [-0.1, -0.05) is 67.2 Å². The largest absolute Gasteiger partial charge is 0.335 e. The van der Waals surface area contributed by atoms with Crippen molar-refractivity contribution in [3.05, 3.63) is 71.9 Å². The fourth-order valence-electron chi connectivity index (χ4n) is 3.73. The maximum absolute atomic E-state index is 13.1. The zero-order valence-electron chi connectivity index (χ0n) is 19.3. The number of carbonyl (C=O) groups excluding carboxylic acids is 2. The normalized spacial score (nSPS) is 11.9. The summed E-state index contributed by atoms with van der Waals surface area (Å²) >= 11 is 2.96. The third kappa shape index (κ3) is 5.29. The number of amides is 2. The predicted octanol–water partition coefficient (Wildman–Crippen LogP) is 5.50. The Hall–Kier alpha value is -3.23. The third-order valence-electron chi connectivity index (χ3n) is 5.49. The van der Waals surface area contributed by atoms with E-state index >= 15 is 0 Å². The Labute approximate surface area is 207 Å². The van der Waals surface area contributed by atoms with E-state index in [-0.39, 0.29) is 18.4 Å². The summed E-state index contributed by atoms with van der Waals surface area (Å²) < 4.78 is 0. The van der Waals surface area contributed by atoms with E-state index in [2.05, 4.69) is 32.8 Å². The minimum Gasteiger partial charge on any atom is -0.335 e. The summed E-state index contributed by atoms with van der Waals surface area (Å²) in [6.45, 7) is 3.87. The Morgan fingerprint density at radius 2 is 1.82 bits per heavy atom. The van der Waals surface area contributed by atoms with E-state index in [9.17, 15) is 9.59 Å². The number of nitrogens with zero attached hydrogens (tertiary/aromatic N) is 3. The molecule has 0 aliphatic carbocycles. The Balaban J connectivity index is 1.46. The number of thioether (sulfide) groups is 1. The van der Waals surface area contributed by atoms with Crippen LogP contribution in [0.4, 0.5) is 5.69 Å². The second kappa shape index (κ2) is 10.8. The molecule has 0 saturated carbocycles. The fraction of sp³-hybridized carbons (Fsp3) is 0.231. The Morgan fingerprint density at radius 1 is 1.09 bits per heavy atom. The van der Waals surface area contributed by atoms with Crippen molar-refractivity contribution >= 4 is 50.8 Å². The van der Waals surface area contributed by atoms with Gasteiger partial charge in [0.2, 0.25) is 11.8 Å². The first-order valence-corrected chi connectivity index (χ1v) is 12.8. The van der Waals surface area contributed by atoms with Crippen molar-refractivity contribution in [2.24, 2.45) is 0 Å². The van der Waals surface area contributed by atoms with Gasteiger partial charge in [-0.25, -0.2) is 9.97 Å². The van der Waals surface area contributed by atoms with Gasteiger partial charge in [0, 0.05) is 23.7 Å². The minimum absolute atomic E-state index is 0.0192. The maximum atomic E-state index is 13.1. The Bertz CT molecular complexity index is 1310. The van der Waals surface area contributed by atoms with Crippen molar-refractivity contribution in [2.45, 2.75) is 30.5 Å². The number of likely N-dealkylation sites (N-methyl/N-ethyl adjacent to an activating group) is 1. The Kier molecular flexibility index (Phi) is 7.59. The first-order valence-electron chi connectivity index (χ1n) is 11.0. The lowest BCUT2D eigenvalue weighted by molar-refractivity contribution is -0.132. The van der Waals surface area contributed by atoms with Crippen molar-refractivity contribution in [1.82, 2.24) is 14.9 Å². The van der Waals surface area contributed by atoms with Crippen molar-refractivity contribution in [3.63, 3.8) is 0 Å². The quantitative estimate of drug-likeness (QED) is 0.261. The molecule has 0 radical (unpaired) electrons. The van der Waals surface area contributed by atoms with Crippen LogP contribution in [0.2, 0.25) is 0 Å². The minimum atomic E-state index is -0.414. The van der Waals surface area contributed by atoms with E-state index in [1.165, 1.54) is 23.0 Å². The lowest BCUT2D eigenvalue weighted by atomic mass is 10.1. The van der Waals surface area contributed by atoms with Crippen molar-refractivity contribution in [2.75, 3.05) is 18.9 Å². The molecule has 4 aromatic rings. The summed E-state index contributed by atoms with van der Waals surface area (Å²) in [7, 11) is 1.65. The molecule has 6 nitrogen and oxygen atoms in total. The second-order valence-corrected chi connectivity index (χ2v) is 10.1. The van der Waals surface area contributed by atoms with Crippen LogP contribution in [0, 0.1) is 0 Å². The zero-order chi connectivity index (χ0) is 24.1. The van der Waals surface area contributed by atoms with Gasteiger partial charge in [-0.05, 0) is 30.5 Å². The average Bonchev–Trinajstić information content (AvgIpc) is 3.29. The van der Waals surface area contributed by atoms with Gasteiger partial charge >= 0.3 is 0 Å². The highest BCUT2D eigenvalue weighted by Gasteiger charge is 2.23. The molecule has 2 amide bonds. The summed E-state index contributed by atoms with van der Waals surface area (Å²) in [4.78, 5) is 36.9. The van der Waals surface area contributed by atoms with Gasteiger partial charge in [0.05, 0.1) is 17.2 Å². The maximum Gasteiger partial charge on any atom is 0.243 e. The summed E-state index contributed by atoms with van der Waals surface area (Å²) in [5.41, 5.74) is 4.00. The van der Waals surface area contributed by atoms with Gasteiger partial charge in [0.15, 0.2) is 0 Å². The molecular formula is C26H26N4O2S2. The first kappa shape index (κ1) is 23.9. The molecule has 2 heterocycles. The van der Waals surface area contributed by atoms with Crippen LogP contribution < -0.4 is 5.32 Å². The number of aryl methyl sites for hydroxylation is 1. The van der Waals surface area contributed by atoms with Crippen LogP contribution in [0.3, 0.4) is 0 Å². The highest BCUT2D eigenvalue weighted by Crippen LogP contribution is 2.39. The topological polar surface area (TPSA) is 75.2 Å². The summed E-state index contributed by atoms with van der Waals surface area (Å²) in [6, 6.07) is 17.8. The molecule has 0 spiro atoms. The van der Waals surface area contributed by atoms with E-state index in [1.807, 2.05) is 56.3 Å². The van der Waals surface area contributed by atoms with E-state index in [4.69, 9.17) is 0 Å². The SMILES string of the molecule is CCc1ccccc1NC(=O)CN(C)C(=O)[C@H](C)Sc1ncnc2scc(-c3ccccc3)c12. The van der Waals surface area contributed by atoms with Crippen LogP contribution in [0.15, 0.2) is 71.3 Å². The number of para-hydroxylation sites is 1. The van der Waals surface area contributed by atoms with Crippen LogP contribution in [0.5, 0.6) is 0 Å². The number of fused-ring (bicyclic) bond motifs is 1. The van der Waals surface area contributed by atoms with E-state index in [1.54, 1.807) is 18.4 Å². The third-order valence-corrected chi connectivity index (χ3v) is 7.46. The average molecular weight is 491 g/mol. The number of benzene rings is 2. The van der Waals surface area contributed by atoms with Gasteiger partial charge in [-0.15, -0.1) is 11.3 Å². The molecule has 2 aromatic heterocycles. The van der Waals surface area contributed by atoms with Crippen molar-refractivity contribution < 1.29 is 9.59 Å².